The van der Waals surface area contributed by atoms with Gasteiger partial charge in [0.2, 0.25) is 10.0 Å². The highest BCUT2D eigenvalue weighted by molar-refractivity contribution is 7.89. The van der Waals surface area contributed by atoms with Crippen LogP contribution in [0.2, 0.25) is 0 Å². The van der Waals surface area contributed by atoms with E-state index in [0.29, 0.717) is 11.4 Å². The third kappa shape index (κ3) is 4.07. The van der Waals surface area contributed by atoms with Crippen LogP contribution in [0.4, 0.5) is 5.82 Å². The first kappa shape index (κ1) is 18.9. The first-order chi connectivity index (χ1) is 12.5. The molecule has 1 aliphatic heterocycles. The highest BCUT2D eigenvalue weighted by Gasteiger charge is 2.34. The first-order valence-corrected chi connectivity index (χ1v) is 10.7. The lowest BCUT2D eigenvalue weighted by Crippen LogP contribution is -2.38. The molecule has 1 aromatic carbocycles. The van der Waals surface area contributed by atoms with E-state index in [0.717, 1.165) is 49.2 Å². The maximum absolute atomic E-state index is 13.2. The molecule has 1 aromatic heterocycles. The van der Waals surface area contributed by atoms with Gasteiger partial charge in [-0.3, -0.25) is 0 Å². The van der Waals surface area contributed by atoms with Crippen LogP contribution >= 0.6 is 0 Å². The van der Waals surface area contributed by atoms with Gasteiger partial charge in [0, 0.05) is 19.3 Å². The average molecular weight is 374 g/mol. The molecule has 5 nitrogen and oxygen atoms in total. The molecule has 0 radical (unpaired) electrons. The number of sulfonamides is 1. The van der Waals surface area contributed by atoms with E-state index in [9.17, 15) is 8.42 Å². The molecule has 0 saturated carbocycles. The van der Waals surface area contributed by atoms with Crippen LogP contribution in [0.15, 0.2) is 47.5 Å². The molecule has 0 aliphatic carbocycles. The standard InChI is InChI=1S/C20H27N3O2S/c1-3-13-21-20-12-9-17(15-22-20)19-6-4-5-14-23(19)26(24,25)18-10-7-16(2)8-11-18/h7-12,15,19H,3-6,13-14H2,1-2H3,(H,21,22)/t19-/m1/s1. The molecule has 1 aliphatic rings. The van der Waals surface area contributed by atoms with Gasteiger partial charge in [-0.25, -0.2) is 13.4 Å². The van der Waals surface area contributed by atoms with E-state index < -0.39 is 10.0 Å². The normalized spacial score (nSPS) is 18.6. The Balaban J connectivity index is 1.86. The van der Waals surface area contributed by atoms with Gasteiger partial charge in [0.25, 0.3) is 0 Å². The molecule has 2 heterocycles. The van der Waals surface area contributed by atoms with Crippen molar-refractivity contribution >= 4 is 15.8 Å². The number of hydrogen-bond donors (Lipinski definition) is 1. The number of aromatic nitrogens is 1. The van der Waals surface area contributed by atoms with E-state index in [4.69, 9.17) is 0 Å². The van der Waals surface area contributed by atoms with Crippen LogP contribution < -0.4 is 5.32 Å². The Bertz CT molecular complexity index is 817. The van der Waals surface area contributed by atoms with Gasteiger partial charge in [-0.05, 0) is 49.9 Å². The zero-order valence-electron chi connectivity index (χ0n) is 15.5. The maximum Gasteiger partial charge on any atom is 0.243 e. The van der Waals surface area contributed by atoms with Crippen molar-refractivity contribution in [2.75, 3.05) is 18.4 Å². The van der Waals surface area contributed by atoms with E-state index in [1.54, 1.807) is 16.4 Å². The summed E-state index contributed by atoms with van der Waals surface area (Å²) in [6, 6.07) is 10.9. The Kier molecular flexibility index (Phi) is 5.94. The highest BCUT2D eigenvalue weighted by Crippen LogP contribution is 2.35. The quantitative estimate of drug-likeness (QED) is 0.827. The fraction of sp³-hybridized carbons (Fsp3) is 0.450. The molecule has 0 unspecified atom stereocenters. The number of pyridine rings is 1. The Morgan fingerprint density at radius 1 is 1.15 bits per heavy atom. The van der Waals surface area contributed by atoms with Gasteiger partial charge in [0.15, 0.2) is 0 Å². The van der Waals surface area contributed by atoms with Crippen molar-refractivity contribution in [2.24, 2.45) is 0 Å². The summed E-state index contributed by atoms with van der Waals surface area (Å²) >= 11 is 0. The lowest BCUT2D eigenvalue weighted by molar-refractivity contribution is 0.255. The highest BCUT2D eigenvalue weighted by atomic mass is 32.2. The van der Waals surface area contributed by atoms with Crippen molar-refractivity contribution in [3.63, 3.8) is 0 Å². The number of rotatable bonds is 6. The molecular formula is C20H27N3O2S. The minimum absolute atomic E-state index is 0.150. The Morgan fingerprint density at radius 2 is 1.92 bits per heavy atom. The molecular weight excluding hydrogens is 346 g/mol. The largest absolute Gasteiger partial charge is 0.370 e. The van der Waals surface area contributed by atoms with E-state index in [-0.39, 0.29) is 6.04 Å². The summed E-state index contributed by atoms with van der Waals surface area (Å²) in [5.74, 6) is 0.833. The van der Waals surface area contributed by atoms with E-state index in [1.165, 1.54) is 0 Å². The van der Waals surface area contributed by atoms with Gasteiger partial charge in [0.05, 0.1) is 10.9 Å². The van der Waals surface area contributed by atoms with Crippen LogP contribution in [0.1, 0.15) is 49.8 Å². The van der Waals surface area contributed by atoms with E-state index in [1.807, 2.05) is 37.4 Å². The van der Waals surface area contributed by atoms with Gasteiger partial charge in [-0.2, -0.15) is 4.31 Å². The summed E-state index contributed by atoms with van der Waals surface area (Å²) in [5.41, 5.74) is 2.01. The number of aryl methyl sites for hydroxylation is 1. The van der Waals surface area contributed by atoms with Crippen molar-refractivity contribution in [3.8, 4) is 0 Å². The van der Waals surface area contributed by atoms with E-state index in [2.05, 4.69) is 17.2 Å². The fourth-order valence-corrected chi connectivity index (χ4v) is 5.01. The summed E-state index contributed by atoms with van der Waals surface area (Å²) in [7, 11) is -3.51. The zero-order chi connectivity index (χ0) is 18.6. The summed E-state index contributed by atoms with van der Waals surface area (Å²) in [6.45, 7) is 5.50. The number of piperidine rings is 1. The Labute approximate surface area is 156 Å². The predicted octanol–water partition coefficient (Wildman–Crippen LogP) is 4.13. The molecule has 1 fully saturated rings. The molecule has 6 heteroatoms. The average Bonchev–Trinajstić information content (AvgIpc) is 2.67. The lowest BCUT2D eigenvalue weighted by Gasteiger charge is -2.35. The number of nitrogens with one attached hydrogen (secondary N) is 1. The van der Waals surface area contributed by atoms with Gasteiger partial charge in [-0.15, -0.1) is 0 Å². The third-order valence-electron chi connectivity index (χ3n) is 4.81. The van der Waals surface area contributed by atoms with Gasteiger partial charge in [-0.1, -0.05) is 37.1 Å². The second-order valence-corrected chi connectivity index (χ2v) is 8.73. The Hall–Kier alpha value is -1.92. The first-order valence-electron chi connectivity index (χ1n) is 9.30. The summed E-state index contributed by atoms with van der Waals surface area (Å²) < 4.78 is 28.0. The maximum atomic E-state index is 13.2. The van der Waals surface area contributed by atoms with E-state index >= 15 is 0 Å². The monoisotopic (exact) mass is 373 g/mol. The molecule has 0 bridgehead atoms. The molecule has 3 rings (SSSR count). The molecule has 1 N–H and O–H groups in total. The molecule has 1 saturated heterocycles. The van der Waals surface area contributed by atoms with Crippen molar-refractivity contribution in [1.29, 1.82) is 0 Å². The van der Waals surface area contributed by atoms with Crippen molar-refractivity contribution < 1.29 is 8.42 Å². The lowest BCUT2D eigenvalue weighted by atomic mass is 9.99. The van der Waals surface area contributed by atoms with Crippen molar-refractivity contribution in [2.45, 2.75) is 50.5 Å². The Morgan fingerprint density at radius 3 is 2.58 bits per heavy atom. The molecule has 140 valence electrons. The SMILES string of the molecule is CCCNc1ccc([C@H]2CCCCN2S(=O)(=O)c2ccc(C)cc2)cn1. The van der Waals surface area contributed by atoms with Gasteiger partial charge < -0.3 is 5.32 Å². The summed E-state index contributed by atoms with van der Waals surface area (Å²) in [4.78, 5) is 4.82. The van der Waals surface area contributed by atoms with Crippen LogP contribution in [-0.4, -0.2) is 30.8 Å². The minimum atomic E-state index is -3.51. The van der Waals surface area contributed by atoms with Crippen molar-refractivity contribution in [1.82, 2.24) is 9.29 Å². The number of nitrogens with zero attached hydrogens (tertiary/aromatic N) is 2. The molecule has 0 spiro atoms. The molecule has 2 aromatic rings. The molecule has 1 atom stereocenters. The van der Waals surface area contributed by atoms with Gasteiger partial charge >= 0.3 is 0 Å². The second-order valence-electron chi connectivity index (χ2n) is 6.84. The van der Waals surface area contributed by atoms with Crippen LogP contribution in [0.5, 0.6) is 0 Å². The predicted molar refractivity (Wildman–Crippen MR) is 105 cm³/mol. The minimum Gasteiger partial charge on any atom is -0.370 e. The van der Waals surface area contributed by atoms with Crippen LogP contribution in [0, 0.1) is 6.92 Å². The number of anilines is 1. The summed E-state index contributed by atoms with van der Waals surface area (Å²) in [5, 5.41) is 3.25. The van der Waals surface area contributed by atoms with Crippen LogP contribution in [-0.2, 0) is 10.0 Å². The molecule has 26 heavy (non-hydrogen) atoms. The van der Waals surface area contributed by atoms with Gasteiger partial charge in [0.1, 0.15) is 5.82 Å². The number of benzene rings is 1. The fourth-order valence-electron chi connectivity index (χ4n) is 3.33. The van der Waals surface area contributed by atoms with Crippen LogP contribution in [0.25, 0.3) is 0 Å². The zero-order valence-corrected chi connectivity index (χ0v) is 16.3. The number of hydrogen-bond acceptors (Lipinski definition) is 4. The molecule has 0 amide bonds. The third-order valence-corrected chi connectivity index (χ3v) is 6.73. The van der Waals surface area contributed by atoms with Crippen LogP contribution in [0.3, 0.4) is 0 Å². The van der Waals surface area contributed by atoms with Crippen molar-refractivity contribution in [3.05, 3.63) is 53.7 Å². The topological polar surface area (TPSA) is 62.3 Å². The second kappa shape index (κ2) is 8.18. The summed E-state index contributed by atoms with van der Waals surface area (Å²) in [6.07, 6.45) is 5.60. The smallest absolute Gasteiger partial charge is 0.243 e.